The molecule has 0 saturated carbocycles. The topological polar surface area (TPSA) is 20.2 Å². The molecule has 0 aliphatic heterocycles. The molecule has 0 aromatic heterocycles. The molecule has 1 N–H and O–H groups in total. The Kier molecular flexibility index (Phi) is 3.33. The van der Waals surface area contributed by atoms with Crippen LogP contribution >= 0.6 is 0 Å². The zero-order valence-electron chi connectivity index (χ0n) is 9.54. The van der Waals surface area contributed by atoms with Gasteiger partial charge in [-0.25, -0.2) is 0 Å². The van der Waals surface area contributed by atoms with Crippen molar-refractivity contribution in [3.05, 3.63) is 35.4 Å². The third kappa shape index (κ3) is 2.36. The first-order chi connectivity index (χ1) is 6.46. The van der Waals surface area contributed by atoms with E-state index in [-0.39, 0.29) is 17.9 Å². The fourth-order valence-corrected chi connectivity index (χ4v) is 1.71. The molecule has 0 heterocycles. The fraction of sp³-hybridized carbons (Fsp3) is 0.538. The van der Waals surface area contributed by atoms with Gasteiger partial charge in [0.15, 0.2) is 0 Å². The maximum atomic E-state index is 9.18. The average Bonchev–Trinajstić information content (AvgIpc) is 2.15. The SMILES string of the molecule is CC(CO)c1ccccc1C(C)(C)C. The van der Waals surface area contributed by atoms with Gasteiger partial charge in [0.1, 0.15) is 0 Å². The molecule has 0 saturated heterocycles. The van der Waals surface area contributed by atoms with E-state index >= 15 is 0 Å². The summed E-state index contributed by atoms with van der Waals surface area (Å²) >= 11 is 0. The van der Waals surface area contributed by atoms with Crippen molar-refractivity contribution in [1.82, 2.24) is 0 Å². The minimum atomic E-state index is 0.153. The zero-order valence-corrected chi connectivity index (χ0v) is 9.54. The normalized spacial score (nSPS) is 14.1. The van der Waals surface area contributed by atoms with Gasteiger partial charge in [0.05, 0.1) is 0 Å². The maximum absolute atomic E-state index is 9.18. The molecule has 0 bridgehead atoms. The summed E-state index contributed by atoms with van der Waals surface area (Å²) in [5.74, 6) is 0.227. The van der Waals surface area contributed by atoms with Crippen molar-refractivity contribution in [2.75, 3.05) is 6.61 Å². The summed E-state index contributed by atoms with van der Waals surface area (Å²) in [6.45, 7) is 8.89. The smallest absolute Gasteiger partial charge is 0.0497 e. The minimum Gasteiger partial charge on any atom is -0.396 e. The van der Waals surface area contributed by atoms with Crippen molar-refractivity contribution in [3.63, 3.8) is 0 Å². The van der Waals surface area contributed by atoms with Gasteiger partial charge in [-0.05, 0) is 16.5 Å². The van der Waals surface area contributed by atoms with Crippen molar-refractivity contribution in [2.24, 2.45) is 0 Å². The highest BCUT2D eigenvalue weighted by Gasteiger charge is 2.19. The van der Waals surface area contributed by atoms with Crippen LogP contribution in [0, 0.1) is 0 Å². The number of rotatable bonds is 2. The van der Waals surface area contributed by atoms with E-state index in [4.69, 9.17) is 0 Å². The van der Waals surface area contributed by atoms with E-state index < -0.39 is 0 Å². The quantitative estimate of drug-likeness (QED) is 0.763. The lowest BCUT2D eigenvalue weighted by molar-refractivity contribution is 0.272. The summed E-state index contributed by atoms with van der Waals surface area (Å²) in [5, 5.41) is 9.18. The van der Waals surface area contributed by atoms with E-state index in [1.54, 1.807) is 0 Å². The standard InChI is InChI=1S/C13H20O/c1-10(9-14)11-7-5-6-8-12(11)13(2,3)4/h5-8,10,14H,9H2,1-4H3. The molecule has 1 aromatic carbocycles. The highest BCUT2D eigenvalue weighted by Crippen LogP contribution is 2.29. The maximum Gasteiger partial charge on any atom is 0.0497 e. The van der Waals surface area contributed by atoms with Gasteiger partial charge in [-0.2, -0.15) is 0 Å². The molecule has 14 heavy (non-hydrogen) atoms. The second-order valence-electron chi connectivity index (χ2n) is 4.92. The molecule has 0 radical (unpaired) electrons. The van der Waals surface area contributed by atoms with Crippen LogP contribution in [0.1, 0.15) is 44.7 Å². The predicted octanol–water partition coefficient (Wildman–Crippen LogP) is 3.08. The third-order valence-electron chi connectivity index (χ3n) is 2.57. The van der Waals surface area contributed by atoms with E-state index in [0.717, 1.165) is 0 Å². The molecular formula is C13H20O. The molecule has 78 valence electrons. The van der Waals surface area contributed by atoms with Crippen LogP contribution < -0.4 is 0 Å². The van der Waals surface area contributed by atoms with E-state index in [2.05, 4.69) is 45.9 Å². The third-order valence-corrected chi connectivity index (χ3v) is 2.57. The summed E-state index contributed by atoms with van der Waals surface area (Å²) in [7, 11) is 0. The van der Waals surface area contributed by atoms with Crippen molar-refractivity contribution < 1.29 is 5.11 Å². The van der Waals surface area contributed by atoms with Crippen LogP contribution in [0.25, 0.3) is 0 Å². The van der Waals surface area contributed by atoms with E-state index in [9.17, 15) is 5.11 Å². The molecule has 0 amide bonds. The van der Waals surface area contributed by atoms with Crippen molar-refractivity contribution in [2.45, 2.75) is 39.0 Å². The van der Waals surface area contributed by atoms with Crippen molar-refractivity contribution in [1.29, 1.82) is 0 Å². The molecule has 1 rings (SSSR count). The van der Waals surface area contributed by atoms with Gasteiger partial charge in [0.2, 0.25) is 0 Å². The number of hydrogen-bond acceptors (Lipinski definition) is 1. The Morgan fingerprint density at radius 3 is 2.29 bits per heavy atom. The second kappa shape index (κ2) is 4.14. The Bertz CT molecular complexity index is 296. The van der Waals surface area contributed by atoms with Crippen LogP contribution in [-0.2, 0) is 5.41 Å². The Morgan fingerprint density at radius 2 is 1.79 bits per heavy atom. The van der Waals surface area contributed by atoms with Gasteiger partial charge in [0, 0.05) is 12.5 Å². The molecule has 1 nitrogen and oxygen atoms in total. The lowest BCUT2D eigenvalue weighted by atomic mass is 9.80. The van der Waals surface area contributed by atoms with Gasteiger partial charge in [-0.3, -0.25) is 0 Å². The molecule has 1 unspecified atom stereocenters. The molecule has 1 heteroatoms. The number of aliphatic hydroxyl groups excluding tert-OH is 1. The molecule has 1 aromatic rings. The number of aliphatic hydroxyl groups is 1. The molecule has 0 spiro atoms. The monoisotopic (exact) mass is 192 g/mol. The lowest BCUT2D eigenvalue weighted by Gasteiger charge is -2.25. The Balaban J connectivity index is 3.16. The van der Waals surface area contributed by atoms with Crippen molar-refractivity contribution in [3.8, 4) is 0 Å². The van der Waals surface area contributed by atoms with Crippen LogP contribution in [-0.4, -0.2) is 11.7 Å². The van der Waals surface area contributed by atoms with Crippen LogP contribution in [0.2, 0.25) is 0 Å². The van der Waals surface area contributed by atoms with E-state index in [1.165, 1.54) is 11.1 Å². The van der Waals surface area contributed by atoms with Gasteiger partial charge in [0.25, 0.3) is 0 Å². The number of hydrogen-bond donors (Lipinski definition) is 1. The zero-order chi connectivity index (χ0) is 10.8. The molecule has 0 aliphatic carbocycles. The van der Waals surface area contributed by atoms with Crippen LogP contribution in [0.3, 0.4) is 0 Å². The van der Waals surface area contributed by atoms with Crippen LogP contribution in [0.5, 0.6) is 0 Å². The summed E-state index contributed by atoms with van der Waals surface area (Å²) in [4.78, 5) is 0. The van der Waals surface area contributed by atoms with Crippen molar-refractivity contribution >= 4 is 0 Å². The summed E-state index contributed by atoms with van der Waals surface area (Å²) in [6.07, 6.45) is 0. The molecule has 0 fully saturated rings. The van der Waals surface area contributed by atoms with Gasteiger partial charge in [-0.15, -0.1) is 0 Å². The summed E-state index contributed by atoms with van der Waals surface area (Å²) in [6, 6.07) is 8.37. The van der Waals surface area contributed by atoms with Gasteiger partial charge in [-0.1, -0.05) is 52.0 Å². The summed E-state index contributed by atoms with van der Waals surface area (Å²) < 4.78 is 0. The first-order valence-electron chi connectivity index (χ1n) is 5.17. The first kappa shape index (κ1) is 11.3. The predicted molar refractivity (Wildman–Crippen MR) is 60.6 cm³/mol. The first-order valence-corrected chi connectivity index (χ1v) is 5.17. The van der Waals surface area contributed by atoms with Gasteiger partial charge >= 0.3 is 0 Å². The average molecular weight is 192 g/mol. The molecule has 0 aliphatic rings. The Hall–Kier alpha value is -0.820. The minimum absolute atomic E-state index is 0.153. The van der Waals surface area contributed by atoms with E-state index in [1.807, 2.05) is 6.07 Å². The fourth-order valence-electron chi connectivity index (χ4n) is 1.71. The number of benzene rings is 1. The highest BCUT2D eigenvalue weighted by molar-refractivity contribution is 5.35. The van der Waals surface area contributed by atoms with E-state index in [0.29, 0.717) is 0 Å². The van der Waals surface area contributed by atoms with Crippen LogP contribution in [0.15, 0.2) is 24.3 Å². The second-order valence-corrected chi connectivity index (χ2v) is 4.92. The van der Waals surface area contributed by atoms with Gasteiger partial charge < -0.3 is 5.11 Å². The van der Waals surface area contributed by atoms with Crippen LogP contribution in [0.4, 0.5) is 0 Å². The molecular weight excluding hydrogens is 172 g/mol. The Labute approximate surface area is 86.8 Å². The Morgan fingerprint density at radius 1 is 1.21 bits per heavy atom. The summed E-state index contributed by atoms with van der Waals surface area (Å²) in [5.41, 5.74) is 2.75. The lowest BCUT2D eigenvalue weighted by Crippen LogP contribution is -2.16. The largest absolute Gasteiger partial charge is 0.396 e. The molecule has 1 atom stereocenters. The highest BCUT2D eigenvalue weighted by atomic mass is 16.3.